The highest BCUT2D eigenvalue weighted by Crippen LogP contribution is 2.21. The molecule has 0 radical (unpaired) electrons. The van der Waals surface area contributed by atoms with Crippen LogP contribution in [0.2, 0.25) is 0 Å². The van der Waals surface area contributed by atoms with E-state index >= 15 is 0 Å². The first-order valence-corrected chi connectivity index (χ1v) is 7.91. The molecule has 1 saturated heterocycles. The number of rotatable bonds is 5. The van der Waals surface area contributed by atoms with Gasteiger partial charge in [-0.25, -0.2) is 0 Å². The Labute approximate surface area is 141 Å². The van der Waals surface area contributed by atoms with Gasteiger partial charge in [-0.2, -0.15) is 0 Å². The monoisotopic (exact) mass is 324 g/mol. The van der Waals surface area contributed by atoms with Crippen molar-refractivity contribution < 1.29 is 14.3 Å². The van der Waals surface area contributed by atoms with Crippen molar-refractivity contribution >= 4 is 11.8 Å². The number of methoxy groups -OCH3 is 1. The predicted octanol–water partition coefficient (Wildman–Crippen LogP) is 2.01. The first kappa shape index (κ1) is 16.2. The first-order valence-electron chi connectivity index (χ1n) is 7.91. The molecule has 1 fully saturated rings. The zero-order valence-electron chi connectivity index (χ0n) is 13.5. The maximum absolute atomic E-state index is 12.8. The Morgan fingerprint density at radius 3 is 2.21 bits per heavy atom. The van der Waals surface area contributed by atoms with E-state index in [1.165, 1.54) is 0 Å². The van der Waals surface area contributed by atoms with Gasteiger partial charge in [0, 0.05) is 25.8 Å². The molecule has 0 aliphatic carbocycles. The molecule has 1 atom stereocenters. The van der Waals surface area contributed by atoms with Crippen LogP contribution in [0.1, 0.15) is 22.0 Å². The van der Waals surface area contributed by atoms with Crippen molar-refractivity contribution in [2.75, 3.05) is 20.2 Å². The number of likely N-dealkylation sites (tertiary alicyclic amines) is 1. The second-order valence-corrected chi connectivity index (χ2v) is 5.78. The highest BCUT2D eigenvalue weighted by atomic mass is 16.5. The van der Waals surface area contributed by atoms with Crippen molar-refractivity contribution in [3.8, 4) is 0 Å². The van der Waals surface area contributed by atoms with Crippen molar-refractivity contribution in [2.24, 2.45) is 0 Å². The molecule has 2 aromatic carbocycles. The molecule has 124 valence electrons. The molecule has 0 aromatic heterocycles. The van der Waals surface area contributed by atoms with E-state index in [1.807, 2.05) is 36.4 Å². The SMILES string of the molecule is COC1CN(C(=O)C(NC(=O)c2ccccc2)c2ccccc2)C1. The number of carbonyl (C=O) groups is 2. The number of hydrogen-bond donors (Lipinski definition) is 1. The van der Waals surface area contributed by atoms with Gasteiger partial charge in [0.05, 0.1) is 6.10 Å². The molecule has 1 heterocycles. The maximum Gasteiger partial charge on any atom is 0.252 e. The Balaban J connectivity index is 1.78. The van der Waals surface area contributed by atoms with Gasteiger partial charge in [0.25, 0.3) is 5.91 Å². The highest BCUT2D eigenvalue weighted by molar-refractivity contribution is 5.98. The van der Waals surface area contributed by atoms with Crippen LogP contribution in [0.4, 0.5) is 0 Å². The summed E-state index contributed by atoms with van der Waals surface area (Å²) >= 11 is 0. The summed E-state index contributed by atoms with van der Waals surface area (Å²) in [6.07, 6.45) is 0.0789. The predicted molar refractivity (Wildman–Crippen MR) is 90.5 cm³/mol. The molecule has 1 N–H and O–H groups in total. The molecular weight excluding hydrogens is 304 g/mol. The van der Waals surface area contributed by atoms with E-state index < -0.39 is 6.04 Å². The molecule has 1 aliphatic heterocycles. The van der Waals surface area contributed by atoms with Crippen molar-refractivity contribution in [1.29, 1.82) is 0 Å². The molecule has 3 rings (SSSR count). The lowest BCUT2D eigenvalue weighted by Crippen LogP contribution is -2.57. The van der Waals surface area contributed by atoms with Gasteiger partial charge in [0.15, 0.2) is 0 Å². The van der Waals surface area contributed by atoms with E-state index in [-0.39, 0.29) is 17.9 Å². The van der Waals surface area contributed by atoms with Gasteiger partial charge in [-0.1, -0.05) is 48.5 Å². The first-order chi connectivity index (χ1) is 11.7. The molecule has 0 spiro atoms. The van der Waals surface area contributed by atoms with Crippen molar-refractivity contribution in [3.63, 3.8) is 0 Å². The van der Waals surface area contributed by atoms with Crippen LogP contribution in [0, 0.1) is 0 Å². The van der Waals surface area contributed by atoms with Gasteiger partial charge in [0.1, 0.15) is 6.04 Å². The largest absolute Gasteiger partial charge is 0.378 e. The van der Waals surface area contributed by atoms with Crippen LogP contribution in [0.3, 0.4) is 0 Å². The standard InChI is InChI=1S/C19H20N2O3/c1-24-16-12-21(13-16)19(23)17(14-8-4-2-5-9-14)20-18(22)15-10-6-3-7-11-15/h2-11,16-17H,12-13H2,1H3,(H,20,22). The third-order valence-corrected chi connectivity index (χ3v) is 4.18. The van der Waals surface area contributed by atoms with E-state index in [4.69, 9.17) is 4.74 Å². The number of nitrogens with one attached hydrogen (secondary N) is 1. The van der Waals surface area contributed by atoms with Crippen LogP contribution in [0.15, 0.2) is 60.7 Å². The zero-order chi connectivity index (χ0) is 16.9. The summed E-state index contributed by atoms with van der Waals surface area (Å²) in [6, 6.07) is 17.5. The van der Waals surface area contributed by atoms with Gasteiger partial charge < -0.3 is 15.0 Å². The summed E-state index contributed by atoms with van der Waals surface area (Å²) in [5.74, 6) is -0.375. The lowest BCUT2D eigenvalue weighted by atomic mass is 10.0. The van der Waals surface area contributed by atoms with Gasteiger partial charge in [-0.15, -0.1) is 0 Å². The second kappa shape index (κ2) is 7.27. The van der Waals surface area contributed by atoms with E-state index in [1.54, 1.807) is 36.3 Å². The number of benzene rings is 2. The minimum Gasteiger partial charge on any atom is -0.378 e. The summed E-state index contributed by atoms with van der Waals surface area (Å²) in [4.78, 5) is 27.0. The summed E-state index contributed by atoms with van der Waals surface area (Å²) in [6.45, 7) is 1.11. The Bertz CT molecular complexity index is 697. The van der Waals surface area contributed by atoms with Gasteiger partial charge >= 0.3 is 0 Å². The van der Waals surface area contributed by atoms with Crippen molar-refractivity contribution in [2.45, 2.75) is 12.1 Å². The summed E-state index contributed by atoms with van der Waals surface area (Å²) in [5.41, 5.74) is 1.30. The summed E-state index contributed by atoms with van der Waals surface area (Å²) in [7, 11) is 1.64. The average molecular weight is 324 g/mol. The van der Waals surface area contributed by atoms with E-state index in [0.29, 0.717) is 18.7 Å². The Morgan fingerprint density at radius 2 is 1.62 bits per heavy atom. The van der Waals surface area contributed by atoms with E-state index in [0.717, 1.165) is 5.56 Å². The minimum absolute atomic E-state index is 0.0789. The molecule has 1 aliphatic rings. The van der Waals surface area contributed by atoms with Crippen LogP contribution < -0.4 is 5.32 Å². The second-order valence-electron chi connectivity index (χ2n) is 5.78. The fraction of sp³-hybridized carbons (Fsp3) is 0.263. The van der Waals surface area contributed by atoms with Crippen molar-refractivity contribution in [1.82, 2.24) is 10.2 Å². The van der Waals surface area contributed by atoms with Crippen LogP contribution in [0.5, 0.6) is 0 Å². The fourth-order valence-corrected chi connectivity index (χ4v) is 2.69. The molecule has 2 aromatic rings. The summed E-state index contributed by atoms with van der Waals surface area (Å²) in [5, 5.41) is 2.86. The quantitative estimate of drug-likeness (QED) is 0.915. The lowest BCUT2D eigenvalue weighted by Gasteiger charge is -2.40. The van der Waals surface area contributed by atoms with Gasteiger partial charge in [-0.05, 0) is 17.7 Å². The molecule has 2 amide bonds. The number of nitrogens with zero attached hydrogens (tertiary/aromatic N) is 1. The Hall–Kier alpha value is -2.66. The molecular formula is C19H20N2O3. The summed E-state index contributed by atoms with van der Waals surface area (Å²) < 4.78 is 5.22. The third kappa shape index (κ3) is 3.46. The molecule has 0 saturated carbocycles. The Kier molecular flexibility index (Phi) is 4.91. The maximum atomic E-state index is 12.8. The smallest absolute Gasteiger partial charge is 0.252 e. The molecule has 0 bridgehead atoms. The number of hydrogen-bond acceptors (Lipinski definition) is 3. The third-order valence-electron chi connectivity index (χ3n) is 4.18. The minimum atomic E-state index is -0.697. The molecule has 5 heteroatoms. The van der Waals surface area contributed by atoms with Crippen LogP contribution in [0.25, 0.3) is 0 Å². The highest BCUT2D eigenvalue weighted by Gasteiger charge is 2.35. The lowest BCUT2D eigenvalue weighted by molar-refractivity contribution is -0.145. The van der Waals surface area contributed by atoms with Gasteiger partial charge in [-0.3, -0.25) is 9.59 Å². The average Bonchev–Trinajstić information content (AvgIpc) is 2.60. The topological polar surface area (TPSA) is 58.6 Å². The van der Waals surface area contributed by atoms with Crippen LogP contribution >= 0.6 is 0 Å². The molecule has 1 unspecified atom stereocenters. The van der Waals surface area contributed by atoms with E-state index in [2.05, 4.69) is 5.32 Å². The number of amides is 2. The van der Waals surface area contributed by atoms with Crippen LogP contribution in [-0.2, 0) is 9.53 Å². The number of ether oxygens (including phenoxy) is 1. The normalized spacial score (nSPS) is 15.5. The Morgan fingerprint density at radius 1 is 1.04 bits per heavy atom. The van der Waals surface area contributed by atoms with Crippen LogP contribution in [-0.4, -0.2) is 43.0 Å². The van der Waals surface area contributed by atoms with Gasteiger partial charge in [0.2, 0.25) is 5.91 Å². The number of carbonyl (C=O) groups excluding carboxylic acids is 2. The van der Waals surface area contributed by atoms with Crippen molar-refractivity contribution in [3.05, 3.63) is 71.8 Å². The van der Waals surface area contributed by atoms with E-state index in [9.17, 15) is 9.59 Å². The zero-order valence-corrected chi connectivity index (χ0v) is 13.5. The fourth-order valence-electron chi connectivity index (χ4n) is 2.69. The molecule has 5 nitrogen and oxygen atoms in total. The molecule has 24 heavy (non-hydrogen) atoms.